The maximum atomic E-state index is 12.5. The first-order chi connectivity index (χ1) is 14.2. The molecule has 0 aliphatic carbocycles. The molecule has 2 aliphatic rings. The van der Waals surface area contributed by atoms with Crippen LogP contribution in [0.15, 0.2) is 48.5 Å². The molecule has 2 saturated heterocycles. The molecular weight excluding hydrogens is 368 g/mol. The Morgan fingerprint density at radius 2 is 0.966 bits per heavy atom. The van der Waals surface area contributed by atoms with Gasteiger partial charge in [-0.25, -0.2) is 0 Å². The molecule has 0 spiro atoms. The molecular formula is C22H26N4O3. The van der Waals surface area contributed by atoms with Crippen LogP contribution in [0.3, 0.4) is 0 Å². The summed E-state index contributed by atoms with van der Waals surface area (Å²) < 4.78 is 5.87. The molecule has 2 aromatic carbocycles. The highest BCUT2D eigenvalue weighted by Gasteiger charge is 2.19. The molecule has 2 heterocycles. The highest BCUT2D eigenvalue weighted by molar-refractivity contribution is 5.95. The molecule has 7 nitrogen and oxygen atoms in total. The number of carbonyl (C=O) groups is 2. The zero-order valence-electron chi connectivity index (χ0n) is 16.4. The lowest BCUT2D eigenvalue weighted by Crippen LogP contribution is -2.46. The summed E-state index contributed by atoms with van der Waals surface area (Å²) in [5, 5.41) is 6.49. The maximum Gasteiger partial charge on any atom is 0.253 e. The number of amides is 2. The van der Waals surface area contributed by atoms with Crippen LogP contribution in [0.2, 0.25) is 0 Å². The largest absolute Gasteiger partial charge is 0.457 e. The van der Waals surface area contributed by atoms with Gasteiger partial charge < -0.3 is 25.2 Å². The van der Waals surface area contributed by atoms with Crippen molar-refractivity contribution in [3.8, 4) is 11.5 Å². The second-order valence-electron chi connectivity index (χ2n) is 7.24. The van der Waals surface area contributed by atoms with Gasteiger partial charge in [0.2, 0.25) is 0 Å². The summed E-state index contributed by atoms with van der Waals surface area (Å²) in [5.74, 6) is 1.41. The minimum absolute atomic E-state index is 0.0498. The molecule has 0 unspecified atom stereocenters. The van der Waals surface area contributed by atoms with Gasteiger partial charge in [0.25, 0.3) is 11.8 Å². The Bertz CT molecular complexity index is 768. The Labute approximate surface area is 170 Å². The highest BCUT2D eigenvalue weighted by atomic mass is 16.5. The van der Waals surface area contributed by atoms with Gasteiger partial charge in [-0.2, -0.15) is 0 Å². The summed E-state index contributed by atoms with van der Waals surface area (Å²) in [6.45, 7) is 6.26. The van der Waals surface area contributed by atoms with Gasteiger partial charge in [-0.15, -0.1) is 0 Å². The number of nitrogens with one attached hydrogen (secondary N) is 2. The van der Waals surface area contributed by atoms with Crippen LogP contribution in [0.25, 0.3) is 0 Å². The van der Waals surface area contributed by atoms with Crippen LogP contribution >= 0.6 is 0 Å². The second-order valence-corrected chi connectivity index (χ2v) is 7.24. The molecule has 0 atom stereocenters. The predicted octanol–water partition coefficient (Wildman–Crippen LogP) is 1.57. The van der Waals surface area contributed by atoms with Gasteiger partial charge in [0.1, 0.15) is 11.5 Å². The van der Waals surface area contributed by atoms with Crippen LogP contribution in [0.4, 0.5) is 0 Å². The summed E-state index contributed by atoms with van der Waals surface area (Å²) in [6, 6.07) is 14.4. The van der Waals surface area contributed by atoms with E-state index >= 15 is 0 Å². The van der Waals surface area contributed by atoms with Crippen LogP contribution in [0, 0.1) is 0 Å². The third-order valence-electron chi connectivity index (χ3n) is 5.25. The molecule has 4 rings (SSSR count). The lowest BCUT2D eigenvalue weighted by molar-refractivity contribution is 0.0728. The van der Waals surface area contributed by atoms with Crippen molar-refractivity contribution < 1.29 is 14.3 Å². The van der Waals surface area contributed by atoms with E-state index in [9.17, 15) is 9.59 Å². The molecule has 152 valence electrons. The average Bonchev–Trinajstić information content (AvgIpc) is 2.80. The van der Waals surface area contributed by atoms with Crippen LogP contribution in [-0.2, 0) is 0 Å². The van der Waals surface area contributed by atoms with Crippen molar-refractivity contribution in [2.24, 2.45) is 0 Å². The van der Waals surface area contributed by atoms with Crippen molar-refractivity contribution in [1.29, 1.82) is 0 Å². The number of nitrogens with zero attached hydrogens (tertiary/aromatic N) is 2. The Morgan fingerprint density at radius 1 is 0.621 bits per heavy atom. The van der Waals surface area contributed by atoms with E-state index in [2.05, 4.69) is 10.6 Å². The normalized spacial score (nSPS) is 17.1. The molecule has 0 radical (unpaired) electrons. The fraction of sp³-hybridized carbons (Fsp3) is 0.364. The topological polar surface area (TPSA) is 73.9 Å². The molecule has 2 aliphatic heterocycles. The first kappa shape index (κ1) is 19.4. The smallest absolute Gasteiger partial charge is 0.253 e. The number of piperazine rings is 2. The summed E-state index contributed by atoms with van der Waals surface area (Å²) in [4.78, 5) is 28.8. The van der Waals surface area contributed by atoms with Crippen molar-refractivity contribution in [2.75, 3.05) is 52.4 Å². The van der Waals surface area contributed by atoms with Crippen molar-refractivity contribution in [2.45, 2.75) is 0 Å². The number of ether oxygens (including phenoxy) is 1. The zero-order chi connectivity index (χ0) is 20.1. The van der Waals surface area contributed by atoms with Crippen molar-refractivity contribution in [1.82, 2.24) is 20.4 Å². The van der Waals surface area contributed by atoms with Gasteiger partial charge >= 0.3 is 0 Å². The predicted molar refractivity (Wildman–Crippen MR) is 111 cm³/mol. The van der Waals surface area contributed by atoms with Crippen LogP contribution in [0.1, 0.15) is 20.7 Å². The Kier molecular flexibility index (Phi) is 6.07. The van der Waals surface area contributed by atoms with E-state index < -0.39 is 0 Å². The van der Waals surface area contributed by atoms with E-state index in [0.29, 0.717) is 22.6 Å². The minimum Gasteiger partial charge on any atom is -0.457 e. The first-order valence-corrected chi connectivity index (χ1v) is 10.1. The highest BCUT2D eigenvalue weighted by Crippen LogP contribution is 2.23. The molecule has 0 aromatic heterocycles. The average molecular weight is 394 g/mol. The fourth-order valence-electron chi connectivity index (χ4n) is 3.57. The Balaban J connectivity index is 1.36. The van der Waals surface area contributed by atoms with Crippen molar-refractivity contribution in [3.63, 3.8) is 0 Å². The van der Waals surface area contributed by atoms with Gasteiger partial charge in [0.15, 0.2) is 0 Å². The zero-order valence-corrected chi connectivity index (χ0v) is 16.4. The van der Waals surface area contributed by atoms with Gasteiger partial charge in [0, 0.05) is 63.5 Å². The van der Waals surface area contributed by atoms with E-state index in [1.807, 2.05) is 9.80 Å². The number of carbonyl (C=O) groups excluding carboxylic acids is 2. The SMILES string of the molecule is O=C(c1ccc(Oc2ccc(C(=O)N3CCNCC3)cc2)cc1)N1CCNCC1. The van der Waals surface area contributed by atoms with E-state index in [1.54, 1.807) is 48.5 Å². The minimum atomic E-state index is 0.0498. The van der Waals surface area contributed by atoms with Crippen LogP contribution < -0.4 is 15.4 Å². The summed E-state index contributed by atoms with van der Waals surface area (Å²) >= 11 is 0. The lowest BCUT2D eigenvalue weighted by atomic mass is 10.1. The van der Waals surface area contributed by atoms with Gasteiger partial charge in [0.05, 0.1) is 0 Å². The summed E-state index contributed by atoms with van der Waals surface area (Å²) in [5.41, 5.74) is 1.33. The quantitative estimate of drug-likeness (QED) is 0.824. The van der Waals surface area contributed by atoms with Crippen LogP contribution in [-0.4, -0.2) is 74.0 Å². The summed E-state index contributed by atoms with van der Waals surface area (Å²) in [6.07, 6.45) is 0. The lowest BCUT2D eigenvalue weighted by Gasteiger charge is -2.27. The Morgan fingerprint density at radius 3 is 1.31 bits per heavy atom. The van der Waals surface area contributed by atoms with E-state index in [4.69, 9.17) is 4.74 Å². The first-order valence-electron chi connectivity index (χ1n) is 10.1. The van der Waals surface area contributed by atoms with Crippen molar-refractivity contribution >= 4 is 11.8 Å². The van der Waals surface area contributed by atoms with Crippen LogP contribution in [0.5, 0.6) is 11.5 Å². The van der Waals surface area contributed by atoms with Crippen molar-refractivity contribution in [3.05, 3.63) is 59.7 Å². The van der Waals surface area contributed by atoms with Gasteiger partial charge in [-0.3, -0.25) is 9.59 Å². The number of hydrogen-bond acceptors (Lipinski definition) is 5. The second kappa shape index (κ2) is 9.07. The standard InChI is InChI=1S/C22H26N4O3/c27-21(25-13-9-23-10-14-25)17-1-5-19(6-2-17)29-20-7-3-18(4-8-20)22(28)26-15-11-24-12-16-26/h1-8,23-24H,9-16H2. The molecule has 2 amide bonds. The number of hydrogen-bond donors (Lipinski definition) is 2. The van der Waals surface area contributed by atoms with E-state index in [0.717, 1.165) is 52.4 Å². The molecule has 2 N–H and O–H groups in total. The van der Waals surface area contributed by atoms with Gasteiger partial charge in [-0.05, 0) is 48.5 Å². The molecule has 2 fully saturated rings. The van der Waals surface area contributed by atoms with E-state index in [1.165, 1.54) is 0 Å². The third kappa shape index (κ3) is 4.75. The molecule has 7 heteroatoms. The molecule has 0 saturated carbocycles. The number of rotatable bonds is 4. The molecule has 29 heavy (non-hydrogen) atoms. The third-order valence-corrected chi connectivity index (χ3v) is 5.25. The monoisotopic (exact) mass is 394 g/mol. The maximum absolute atomic E-state index is 12.5. The summed E-state index contributed by atoms with van der Waals surface area (Å²) in [7, 11) is 0. The molecule has 2 aromatic rings. The van der Waals surface area contributed by atoms with E-state index in [-0.39, 0.29) is 11.8 Å². The van der Waals surface area contributed by atoms with Gasteiger partial charge in [-0.1, -0.05) is 0 Å². The Hall–Kier alpha value is -2.90. The number of benzene rings is 2. The molecule has 0 bridgehead atoms. The fourth-order valence-corrected chi connectivity index (χ4v) is 3.57.